The van der Waals surface area contributed by atoms with Crippen LogP contribution in [0.4, 0.5) is 16.5 Å². The fourth-order valence-corrected chi connectivity index (χ4v) is 3.62. The smallest absolute Gasteiger partial charge is 0.267 e. The molecule has 0 spiro atoms. The van der Waals surface area contributed by atoms with Gasteiger partial charge in [0.15, 0.2) is 5.13 Å². The number of aryl methyl sites for hydroxylation is 4. The molecular weight excluding hydrogens is 330 g/mol. The summed E-state index contributed by atoms with van der Waals surface area (Å²) >= 11 is 1.36. The topological polar surface area (TPSA) is 54.0 Å². The Labute approximate surface area is 151 Å². The molecule has 0 saturated heterocycles. The van der Waals surface area contributed by atoms with Crippen molar-refractivity contribution in [1.29, 1.82) is 0 Å². The third-order valence-corrected chi connectivity index (χ3v) is 4.82. The SMILES string of the molecule is Cc1cc(C)cc(NC(=O)c2sc(Nc3cccc(C)c3)nc2C)c1. The molecule has 25 heavy (non-hydrogen) atoms. The van der Waals surface area contributed by atoms with Crippen LogP contribution in [0.2, 0.25) is 0 Å². The average molecular weight is 351 g/mol. The molecule has 1 aromatic heterocycles. The van der Waals surface area contributed by atoms with Gasteiger partial charge in [0.1, 0.15) is 4.88 Å². The van der Waals surface area contributed by atoms with E-state index < -0.39 is 0 Å². The summed E-state index contributed by atoms with van der Waals surface area (Å²) in [5, 5.41) is 6.96. The summed E-state index contributed by atoms with van der Waals surface area (Å²) in [6, 6.07) is 14.1. The van der Waals surface area contributed by atoms with Crippen molar-refractivity contribution in [2.24, 2.45) is 0 Å². The van der Waals surface area contributed by atoms with E-state index in [1.54, 1.807) is 0 Å². The molecule has 4 nitrogen and oxygen atoms in total. The molecule has 0 atom stereocenters. The summed E-state index contributed by atoms with van der Waals surface area (Å²) in [7, 11) is 0. The van der Waals surface area contributed by atoms with Crippen LogP contribution in [0.1, 0.15) is 32.1 Å². The highest BCUT2D eigenvalue weighted by molar-refractivity contribution is 7.17. The number of aromatic nitrogens is 1. The van der Waals surface area contributed by atoms with Crippen molar-refractivity contribution in [1.82, 2.24) is 4.98 Å². The number of carbonyl (C=O) groups excluding carboxylic acids is 1. The Kier molecular flexibility index (Phi) is 4.86. The van der Waals surface area contributed by atoms with Crippen LogP contribution in [0.15, 0.2) is 42.5 Å². The van der Waals surface area contributed by atoms with Gasteiger partial charge in [-0.05, 0) is 68.7 Å². The number of nitrogens with zero attached hydrogens (tertiary/aromatic N) is 1. The molecule has 0 unspecified atom stereocenters. The summed E-state index contributed by atoms with van der Waals surface area (Å²) in [6.07, 6.45) is 0. The Morgan fingerprint density at radius 2 is 1.60 bits per heavy atom. The molecule has 0 radical (unpaired) electrons. The van der Waals surface area contributed by atoms with Crippen LogP contribution in [0, 0.1) is 27.7 Å². The predicted molar refractivity (Wildman–Crippen MR) is 105 cm³/mol. The first-order valence-corrected chi connectivity index (χ1v) is 8.93. The van der Waals surface area contributed by atoms with Crippen molar-refractivity contribution in [2.75, 3.05) is 10.6 Å². The van der Waals surface area contributed by atoms with Gasteiger partial charge in [-0.2, -0.15) is 0 Å². The molecule has 0 aliphatic rings. The molecule has 3 rings (SSSR count). The maximum atomic E-state index is 12.6. The van der Waals surface area contributed by atoms with Crippen LogP contribution in [0.5, 0.6) is 0 Å². The zero-order valence-corrected chi connectivity index (χ0v) is 15.6. The van der Waals surface area contributed by atoms with Gasteiger partial charge in [-0.15, -0.1) is 0 Å². The van der Waals surface area contributed by atoms with Gasteiger partial charge in [-0.25, -0.2) is 4.98 Å². The molecule has 1 heterocycles. The number of thiazole rings is 1. The molecule has 0 saturated carbocycles. The fourth-order valence-electron chi connectivity index (χ4n) is 2.74. The van der Waals surface area contributed by atoms with Gasteiger partial charge < -0.3 is 10.6 Å². The lowest BCUT2D eigenvalue weighted by Crippen LogP contribution is -2.11. The highest BCUT2D eigenvalue weighted by Gasteiger charge is 2.16. The summed E-state index contributed by atoms with van der Waals surface area (Å²) in [5.74, 6) is -0.128. The van der Waals surface area contributed by atoms with Crippen LogP contribution in [0.3, 0.4) is 0 Å². The first kappa shape index (κ1) is 17.2. The fraction of sp³-hybridized carbons (Fsp3) is 0.200. The minimum Gasteiger partial charge on any atom is -0.332 e. The average Bonchev–Trinajstić information content (AvgIpc) is 2.86. The van der Waals surface area contributed by atoms with Crippen molar-refractivity contribution in [3.05, 3.63) is 69.7 Å². The Balaban J connectivity index is 1.78. The van der Waals surface area contributed by atoms with Gasteiger partial charge in [-0.1, -0.05) is 29.5 Å². The van der Waals surface area contributed by atoms with Gasteiger partial charge in [0.05, 0.1) is 5.69 Å². The minimum atomic E-state index is -0.128. The van der Waals surface area contributed by atoms with Gasteiger partial charge in [0, 0.05) is 11.4 Å². The molecule has 128 valence electrons. The highest BCUT2D eigenvalue weighted by atomic mass is 32.1. The van der Waals surface area contributed by atoms with E-state index in [-0.39, 0.29) is 5.91 Å². The summed E-state index contributed by atoms with van der Waals surface area (Å²) in [5.41, 5.74) is 5.92. The van der Waals surface area contributed by atoms with Crippen molar-refractivity contribution in [2.45, 2.75) is 27.7 Å². The lowest BCUT2D eigenvalue weighted by atomic mass is 10.1. The zero-order chi connectivity index (χ0) is 18.0. The molecule has 2 aromatic carbocycles. The lowest BCUT2D eigenvalue weighted by Gasteiger charge is -2.06. The maximum absolute atomic E-state index is 12.6. The number of nitrogens with one attached hydrogen (secondary N) is 2. The molecule has 0 aliphatic carbocycles. The zero-order valence-electron chi connectivity index (χ0n) is 14.8. The second kappa shape index (κ2) is 7.07. The molecular formula is C20H21N3OS. The predicted octanol–water partition coefficient (Wildman–Crippen LogP) is 5.37. The Morgan fingerprint density at radius 1 is 0.920 bits per heavy atom. The third kappa shape index (κ3) is 4.25. The third-order valence-electron chi connectivity index (χ3n) is 3.75. The molecule has 0 aliphatic heterocycles. The number of rotatable bonds is 4. The molecule has 1 amide bonds. The van der Waals surface area contributed by atoms with Gasteiger partial charge in [0.25, 0.3) is 5.91 Å². The monoisotopic (exact) mass is 351 g/mol. The normalized spacial score (nSPS) is 10.6. The first-order valence-electron chi connectivity index (χ1n) is 8.11. The van der Waals surface area contributed by atoms with Crippen LogP contribution < -0.4 is 10.6 Å². The number of benzene rings is 2. The van der Waals surface area contributed by atoms with Crippen molar-refractivity contribution in [3.8, 4) is 0 Å². The maximum Gasteiger partial charge on any atom is 0.267 e. The highest BCUT2D eigenvalue weighted by Crippen LogP contribution is 2.27. The second-order valence-corrected chi connectivity index (χ2v) is 7.26. The van der Waals surface area contributed by atoms with Crippen LogP contribution in [-0.4, -0.2) is 10.9 Å². The quantitative estimate of drug-likeness (QED) is 0.664. The number of hydrogen-bond acceptors (Lipinski definition) is 4. The Morgan fingerprint density at radius 3 is 2.28 bits per heavy atom. The van der Waals surface area contributed by atoms with E-state index in [1.807, 2.05) is 64.1 Å². The summed E-state index contributed by atoms with van der Waals surface area (Å²) in [6.45, 7) is 7.93. The molecule has 5 heteroatoms. The summed E-state index contributed by atoms with van der Waals surface area (Å²) in [4.78, 5) is 17.7. The molecule has 0 fully saturated rings. The van der Waals surface area contributed by atoms with Gasteiger partial charge in [0.2, 0.25) is 0 Å². The number of anilines is 3. The lowest BCUT2D eigenvalue weighted by molar-refractivity contribution is 0.103. The molecule has 2 N–H and O–H groups in total. The largest absolute Gasteiger partial charge is 0.332 e. The van der Waals surface area contributed by atoms with E-state index in [0.717, 1.165) is 28.2 Å². The number of carbonyl (C=O) groups is 1. The van der Waals surface area contributed by atoms with Crippen LogP contribution >= 0.6 is 11.3 Å². The number of hydrogen-bond donors (Lipinski definition) is 2. The Bertz CT molecular complexity index is 910. The second-order valence-electron chi connectivity index (χ2n) is 6.26. The molecule has 3 aromatic rings. The van der Waals surface area contributed by atoms with E-state index in [1.165, 1.54) is 16.9 Å². The van der Waals surface area contributed by atoms with Crippen LogP contribution in [-0.2, 0) is 0 Å². The first-order chi connectivity index (χ1) is 11.9. The standard InChI is InChI=1S/C20H21N3OS/c1-12-6-5-7-16(9-12)23-20-21-15(4)18(25-20)19(24)22-17-10-13(2)8-14(3)11-17/h5-11H,1-4H3,(H,21,23)(H,22,24). The van der Waals surface area contributed by atoms with Gasteiger partial charge in [-0.3, -0.25) is 4.79 Å². The number of amides is 1. The van der Waals surface area contributed by atoms with Gasteiger partial charge >= 0.3 is 0 Å². The summed E-state index contributed by atoms with van der Waals surface area (Å²) < 4.78 is 0. The van der Waals surface area contributed by atoms with Crippen molar-refractivity contribution in [3.63, 3.8) is 0 Å². The van der Waals surface area contributed by atoms with E-state index in [0.29, 0.717) is 10.0 Å². The van der Waals surface area contributed by atoms with E-state index in [2.05, 4.69) is 21.7 Å². The molecule has 0 bridgehead atoms. The van der Waals surface area contributed by atoms with Crippen molar-refractivity contribution < 1.29 is 4.79 Å². The van der Waals surface area contributed by atoms with E-state index in [9.17, 15) is 4.79 Å². The van der Waals surface area contributed by atoms with E-state index in [4.69, 9.17) is 0 Å². The van der Waals surface area contributed by atoms with E-state index >= 15 is 0 Å². The Hall–Kier alpha value is -2.66. The van der Waals surface area contributed by atoms with Crippen molar-refractivity contribution >= 4 is 33.8 Å². The van der Waals surface area contributed by atoms with Crippen LogP contribution in [0.25, 0.3) is 0 Å². The minimum absolute atomic E-state index is 0.128.